The standard InChI is InChI=1S/C14H16N2OS2/c1-10(2)16-14(17)12-5-3-4-6-13(12)19-8-11-7-18-9-15-11/h3-7,9-10H,8H2,1-2H3,(H,16,17). The zero-order valence-corrected chi connectivity index (χ0v) is 12.6. The highest BCUT2D eigenvalue weighted by atomic mass is 32.2. The third kappa shape index (κ3) is 4.08. The fourth-order valence-corrected chi connectivity index (χ4v) is 3.20. The average molecular weight is 292 g/mol. The van der Waals surface area contributed by atoms with Crippen molar-refractivity contribution in [2.24, 2.45) is 0 Å². The van der Waals surface area contributed by atoms with Gasteiger partial charge in [-0.05, 0) is 26.0 Å². The zero-order valence-electron chi connectivity index (χ0n) is 10.9. The van der Waals surface area contributed by atoms with Crippen LogP contribution in [0.5, 0.6) is 0 Å². The largest absolute Gasteiger partial charge is 0.350 e. The lowest BCUT2D eigenvalue weighted by atomic mass is 10.2. The van der Waals surface area contributed by atoms with Crippen molar-refractivity contribution >= 4 is 29.0 Å². The van der Waals surface area contributed by atoms with Crippen LogP contribution in [0.25, 0.3) is 0 Å². The maximum Gasteiger partial charge on any atom is 0.252 e. The summed E-state index contributed by atoms with van der Waals surface area (Å²) in [6, 6.07) is 7.83. The second-order valence-electron chi connectivity index (χ2n) is 4.39. The van der Waals surface area contributed by atoms with Crippen molar-refractivity contribution in [3.63, 3.8) is 0 Å². The minimum atomic E-state index is -0.0172. The molecular formula is C14H16N2OS2. The summed E-state index contributed by atoms with van der Waals surface area (Å²) >= 11 is 3.23. The number of hydrogen-bond acceptors (Lipinski definition) is 4. The van der Waals surface area contributed by atoms with Crippen molar-refractivity contribution in [3.05, 3.63) is 46.4 Å². The van der Waals surface area contributed by atoms with E-state index in [1.54, 1.807) is 23.1 Å². The molecule has 1 heterocycles. The fourth-order valence-electron chi connectivity index (χ4n) is 1.58. The van der Waals surface area contributed by atoms with Crippen LogP contribution >= 0.6 is 23.1 Å². The molecule has 2 aromatic rings. The van der Waals surface area contributed by atoms with Gasteiger partial charge in [0.1, 0.15) is 0 Å². The average Bonchev–Trinajstić information content (AvgIpc) is 2.89. The first-order valence-electron chi connectivity index (χ1n) is 6.06. The van der Waals surface area contributed by atoms with E-state index in [0.29, 0.717) is 0 Å². The number of carbonyl (C=O) groups excluding carboxylic acids is 1. The predicted molar refractivity (Wildman–Crippen MR) is 80.7 cm³/mol. The Hall–Kier alpha value is -1.33. The summed E-state index contributed by atoms with van der Waals surface area (Å²) in [5.41, 5.74) is 3.61. The molecule has 1 amide bonds. The van der Waals surface area contributed by atoms with Gasteiger partial charge in [0.15, 0.2) is 0 Å². The van der Waals surface area contributed by atoms with Crippen LogP contribution in [0.4, 0.5) is 0 Å². The summed E-state index contributed by atoms with van der Waals surface area (Å²) in [6.45, 7) is 3.92. The van der Waals surface area contributed by atoms with Crippen molar-refractivity contribution in [2.75, 3.05) is 0 Å². The molecule has 0 fully saturated rings. The first kappa shape index (κ1) is 14.1. The van der Waals surface area contributed by atoms with Crippen LogP contribution in [-0.4, -0.2) is 16.9 Å². The van der Waals surface area contributed by atoms with Crippen molar-refractivity contribution in [3.8, 4) is 0 Å². The van der Waals surface area contributed by atoms with E-state index in [1.807, 2.05) is 49.0 Å². The maximum absolute atomic E-state index is 12.1. The lowest BCUT2D eigenvalue weighted by Crippen LogP contribution is -2.30. The Morgan fingerprint density at radius 2 is 2.21 bits per heavy atom. The predicted octanol–water partition coefficient (Wildman–Crippen LogP) is 3.57. The van der Waals surface area contributed by atoms with Crippen LogP contribution in [0.1, 0.15) is 29.9 Å². The molecule has 0 aliphatic rings. The van der Waals surface area contributed by atoms with E-state index < -0.39 is 0 Å². The molecule has 0 saturated heterocycles. The van der Waals surface area contributed by atoms with Crippen molar-refractivity contribution in [1.82, 2.24) is 10.3 Å². The van der Waals surface area contributed by atoms with Gasteiger partial charge >= 0.3 is 0 Å². The highest BCUT2D eigenvalue weighted by molar-refractivity contribution is 7.98. The van der Waals surface area contributed by atoms with E-state index in [4.69, 9.17) is 0 Å². The van der Waals surface area contributed by atoms with E-state index in [-0.39, 0.29) is 11.9 Å². The van der Waals surface area contributed by atoms with Gasteiger partial charge in [0, 0.05) is 22.1 Å². The lowest BCUT2D eigenvalue weighted by molar-refractivity contribution is 0.0940. The Morgan fingerprint density at radius 3 is 2.89 bits per heavy atom. The normalized spacial score (nSPS) is 10.7. The van der Waals surface area contributed by atoms with Crippen LogP contribution in [-0.2, 0) is 5.75 Å². The molecule has 0 spiro atoms. The second-order valence-corrected chi connectivity index (χ2v) is 6.13. The number of hydrogen-bond donors (Lipinski definition) is 1. The van der Waals surface area contributed by atoms with E-state index in [0.717, 1.165) is 21.9 Å². The molecule has 0 bridgehead atoms. The van der Waals surface area contributed by atoms with Crippen molar-refractivity contribution in [2.45, 2.75) is 30.5 Å². The number of aromatic nitrogens is 1. The van der Waals surface area contributed by atoms with Gasteiger partial charge in [-0.15, -0.1) is 23.1 Å². The molecule has 5 heteroatoms. The SMILES string of the molecule is CC(C)NC(=O)c1ccccc1SCc1cscn1. The molecule has 1 N–H and O–H groups in total. The Morgan fingerprint density at radius 1 is 1.42 bits per heavy atom. The first-order valence-corrected chi connectivity index (χ1v) is 7.99. The zero-order chi connectivity index (χ0) is 13.7. The molecule has 0 unspecified atom stereocenters. The minimum absolute atomic E-state index is 0.0172. The van der Waals surface area contributed by atoms with E-state index in [2.05, 4.69) is 10.3 Å². The molecule has 0 aliphatic heterocycles. The fraction of sp³-hybridized carbons (Fsp3) is 0.286. The topological polar surface area (TPSA) is 42.0 Å². The van der Waals surface area contributed by atoms with Gasteiger partial charge in [-0.1, -0.05) is 12.1 Å². The summed E-state index contributed by atoms with van der Waals surface area (Å²) in [7, 11) is 0. The number of thioether (sulfide) groups is 1. The number of amides is 1. The number of rotatable bonds is 5. The molecule has 0 radical (unpaired) electrons. The molecule has 19 heavy (non-hydrogen) atoms. The van der Waals surface area contributed by atoms with E-state index in [1.165, 1.54) is 0 Å². The third-order valence-electron chi connectivity index (χ3n) is 2.41. The third-order valence-corrected chi connectivity index (χ3v) is 4.15. The van der Waals surface area contributed by atoms with Crippen molar-refractivity contribution < 1.29 is 4.79 Å². The van der Waals surface area contributed by atoms with Crippen LogP contribution in [0.3, 0.4) is 0 Å². The molecule has 0 aliphatic carbocycles. The Bertz CT molecular complexity index is 538. The maximum atomic E-state index is 12.1. The van der Waals surface area contributed by atoms with E-state index >= 15 is 0 Å². The molecule has 0 saturated carbocycles. The van der Waals surface area contributed by atoms with E-state index in [9.17, 15) is 4.79 Å². The number of carbonyl (C=O) groups is 1. The summed E-state index contributed by atoms with van der Waals surface area (Å²) in [4.78, 5) is 17.3. The molecule has 1 aromatic heterocycles. The Kier molecular flexibility index (Phi) is 4.99. The second kappa shape index (κ2) is 6.73. The summed E-state index contributed by atoms with van der Waals surface area (Å²) in [5.74, 6) is 0.770. The van der Waals surface area contributed by atoms with Gasteiger partial charge in [0.05, 0.1) is 16.8 Å². The molecule has 0 atom stereocenters. The van der Waals surface area contributed by atoms with Crippen LogP contribution < -0.4 is 5.32 Å². The van der Waals surface area contributed by atoms with Crippen LogP contribution in [0, 0.1) is 0 Å². The van der Waals surface area contributed by atoms with Gasteiger partial charge in [0.2, 0.25) is 0 Å². The monoisotopic (exact) mass is 292 g/mol. The lowest BCUT2D eigenvalue weighted by Gasteiger charge is -2.11. The van der Waals surface area contributed by atoms with Gasteiger partial charge in [-0.3, -0.25) is 4.79 Å². The quantitative estimate of drug-likeness (QED) is 0.857. The smallest absolute Gasteiger partial charge is 0.252 e. The number of nitrogens with zero attached hydrogens (tertiary/aromatic N) is 1. The summed E-state index contributed by atoms with van der Waals surface area (Å²) in [5, 5.41) is 4.96. The summed E-state index contributed by atoms with van der Waals surface area (Å²) < 4.78 is 0. The van der Waals surface area contributed by atoms with Crippen LogP contribution in [0.2, 0.25) is 0 Å². The number of nitrogens with one attached hydrogen (secondary N) is 1. The highest BCUT2D eigenvalue weighted by Gasteiger charge is 2.12. The molecular weight excluding hydrogens is 276 g/mol. The molecule has 100 valence electrons. The van der Waals surface area contributed by atoms with Gasteiger partial charge < -0.3 is 5.32 Å². The highest BCUT2D eigenvalue weighted by Crippen LogP contribution is 2.26. The molecule has 1 aromatic carbocycles. The molecule has 2 rings (SSSR count). The number of benzene rings is 1. The van der Waals surface area contributed by atoms with Gasteiger partial charge in [-0.25, -0.2) is 4.98 Å². The Balaban J connectivity index is 2.09. The summed E-state index contributed by atoms with van der Waals surface area (Å²) in [6.07, 6.45) is 0. The van der Waals surface area contributed by atoms with Gasteiger partial charge in [0.25, 0.3) is 5.91 Å². The Labute approximate surface area is 121 Å². The molecule has 3 nitrogen and oxygen atoms in total. The van der Waals surface area contributed by atoms with Gasteiger partial charge in [-0.2, -0.15) is 0 Å². The van der Waals surface area contributed by atoms with Crippen molar-refractivity contribution in [1.29, 1.82) is 0 Å². The van der Waals surface area contributed by atoms with Crippen LogP contribution in [0.15, 0.2) is 40.1 Å². The first-order chi connectivity index (χ1) is 9.16. The number of thiazole rings is 1. The minimum Gasteiger partial charge on any atom is -0.350 e.